The molecule has 2 rings (SSSR count). The van der Waals surface area contributed by atoms with Crippen LogP contribution >= 0.6 is 49.9 Å². The fourth-order valence-electron chi connectivity index (χ4n) is 1.24. The van der Waals surface area contributed by atoms with Gasteiger partial charge in [0.15, 0.2) is 4.73 Å². The van der Waals surface area contributed by atoms with Gasteiger partial charge in [0.05, 0.1) is 0 Å². The second-order valence-electron chi connectivity index (χ2n) is 2.66. The molecule has 0 aromatic carbocycles. The van der Waals surface area contributed by atoms with Gasteiger partial charge in [-0.2, -0.15) is 4.98 Å². The summed E-state index contributed by atoms with van der Waals surface area (Å²) in [5.74, 6) is 0.781. The molecular formula is C6H12Br3N5. The Bertz CT molecular complexity index is 260. The Hall–Kier alpha value is 0.340. The molecule has 1 fully saturated rings. The lowest BCUT2D eigenvalue weighted by Crippen LogP contribution is -2.44. The van der Waals surface area contributed by atoms with Crippen molar-refractivity contribution in [2.75, 3.05) is 31.1 Å². The largest absolute Gasteiger partial charge is 0.337 e. The summed E-state index contributed by atoms with van der Waals surface area (Å²) < 4.78 is 0.691. The van der Waals surface area contributed by atoms with Gasteiger partial charge in [-0.05, 0) is 15.9 Å². The van der Waals surface area contributed by atoms with Crippen LogP contribution in [-0.4, -0.2) is 41.4 Å². The summed E-state index contributed by atoms with van der Waals surface area (Å²) in [6.45, 7) is 3.97. The van der Waals surface area contributed by atoms with Crippen LogP contribution in [0.3, 0.4) is 0 Å². The molecule has 0 radical (unpaired) electrons. The lowest BCUT2D eigenvalue weighted by molar-refractivity contribution is 0.580. The van der Waals surface area contributed by atoms with Crippen molar-refractivity contribution < 1.29 is 0 Å². The third-order valence-corrected chi connectivity index (χ3v) is 2.20. The molecule has 82 valence electrons. The van der Waals surface area contributed by atoms with Gasteiger partial charge in [-0.15, -0.1) is 39.1 Å². The van der Waals surface area contributed by atoms with Crippen LogP contribution in [-0.2, 0) is 0 Å². The second kappa shape index (κ2) is 6.76. The van der Waals surface area contributed by atoms with Crippen LogP contribution in [0, 0.1) is 0 Å². The monoisotopic (exact) mass is 391 g/mol. The number of aromatic nitrogens is 3. The van der Waals surface area contributed by atoms with Gasteiger partial charge in [0.2, 0.25) is 5.95 Å². The van der Waals surface area contributed by atoms with Crippen LogP contribution in [0.15, 0.2) is 4.73 Å². The Morgan fingerprint density at radius 3 is 2.36 bits per heavy atom. The van der Waals surface area contributed by atoms with Gasteiger partial charge in [-0.3, -0.25) is 5.10 Å². The maximum atomic E-state index is 4.18. The third kappa shape index (κ3) is 3.48. The Labute approximate surface area is 112 Å². The minimum absolute atomic E-state index is 0. The molecule has 0 atom stereocenters. The normalized spacial score (nSPS) is 15.6. The quantitative estimate of drug-likeness (QED) is 0.751. The first kappa shape index (κ1) is 14.3. The number of rotatable bonds is 1. The summed E-state index contributed by atoms with van der Waals surface area (Å²) in [6.07, 6.45) is 0. The molecule has 14 heavy (non-hydrogen) atoms. The van der Waals surface area contributed by atoms with E-state index < -0.39 is 0 Å². The molecule has 2 N–H and O–H groups in total. The van der Waals surface area contributed by atoms with Gasteiger partial charge in [0, 0.05) is 26.2 Å². The number of aromatic amines is 1. The summed E-state index contributed by atoms with van der Waals surface area (Å²) in [5.41, 5.74) is 0. The highest BCUT2D eigenvalue weighted by Gasteiger charge is 2.13. The van der Waals surface area contributed by atoms with Crippen LogP contribution in [0.1, 0.15) is 0 Å². The molecule has 0 unspecified atom stereocenters. The van der Waals surface area contributed by atoms with Gasteiger partial charge >= 0.3 is 0 Å². The molecule has 1 aliphatic heterocycles. The van der Waals surface area contributed by atoms with E-state index in [-0.39, 0.29) is 34.0 Å². The van der Waals surface area contributed by atoms with E-state index in [9.17, 15) is 0 Å². The fourth-order valence-corrected chi connectivity index (χ4v) is 1.49. The topological polar surface area (TPSA) is 56.8 Å². The molecule has 0 spiro atoms. The van der Waals surface area contributed by atoms with E-state index in [1.807, 2.05) is 0 Å². The zero-order chi connectivity index (χ0) is 8.39. The zero-order valence-corrected chi connectivity index (χ0v) is 12.4. The smallest absolute Gasteiger partial charge is 0.245 e. The molecule has 8 heteroatoms. The van der Waals surface area contributed by atoms with Crippen LogP contribution in [0.2, 0.25) is 0 Å². The van der Waals surface area contributed by atoms with E-state index >= 15 is 0 Å². The summed E-state index contributed by atoms with van der Waals surface area (Å²) in [7, 11) is 0. The number of nitrogens with one attached hydrogen (secondary N) is 2. The molecule has 2 heterocycles. The minimum atomic E-state index is 0. The number of hydrogen-bond donors (Lipinski definition) is 2. The molecule has 0 amide bonds. The second-order valence-corrected chi connectivity index (χ2v) is 3.41. The molecule has 0 aliphatic carbocycles. The molecule has 1 aromatic rings. The summed E-state index contributed by atoms with van der Waals surface area (Å²) >= 11 is 3.23. The first-order valence-electron chi connectivity index (χ1n) is 3.90. The maximum Gasteiger partial charge on any atom is 0.245 e. The lowest BCUT2D eigenvalue weighted by atomic mass is 10.4. The standard InChI is InChI=1S/C6H10BrN5.2BrH/c7-5-9-6(11-10-5)12-3-1-8-2-4-12;;/h8H,1-4H2,(H,9,10,11);2*1H. The van der Waals surface area contributed by atoms with Crippen molar-refractivity contribution in [1.82, 2.24) is 20.5 Å². The Morgan fingerprint density at radius 1 is 1.21 bits per heavy atom. The van der Waals surface area contributed by atoms with Crippen molar-refractivity contribution in [3.8, 4) is 0 Å². The lowest BCUT2D eigenvalue weighted by Gasteiger charge is -2.25. The van der Waals surface area contributed by atoms with Crippen molar-refractivity contribution in [3.05, 3.63) is 4.73 Å². The summed E-state index contributed by atoms with van der Waals surface area (Å²) in [4.78, 5) is 6.33. The van der Waals surface area contributed by atoms with E-state index in [4.69, 9.17) is 0 Å². The van der Waals surface area contributed by atoms with Crippen LogP contribution in [0.5, 0.6) is 0 Å². The Kier molecular flexibility index (Phi) is 6.92. The molecule has 1 saturated heterocycles. The van der Waals surface area contributed by atoms with E-state index in [1.165, 1.54) is 0 Å². The SMILES string of the molecule is Br.Br.Brc1nc(N2CCNCC2)n[nH]1. The number of anilines is 1. The van der Waals surface area contributed by atoms with Gasteiger partial charge in [0.1, 0.15) is 0 Å². The molecule has 1 aromatic heterocycles. The minimum Gasteiger partial charge on any atom is -0.337 e. The van der Waals surface area contributed by atoms with Gasteiger partial charge in [-0.25, -0.2) is 0 Å². The van der Waals surface area contributed by atoms with Crippen LogP contribution in [0.25, 0.3) is 0 Å². The van der Waals surface area contributed by atoms with Crippen molar-refractivity contribution in [2.45, 2.75) is 0 Å². The first-order chi connectivity index (χ1) is 5.86. The molecule has 0 saturated carbocycles. The summed E-state index contributed by atoms with van der Waals surface area (Å²) in [5, 5.41) is 10.1. The summed E-state index contributed by atoms with van der Waals surface area (Å²) in [6, 6.07) is 0. The maximum absolute atomic E-state index is 4.18. The number of hydrogen-bond acceptors (Lipinski definition) is 4. The van der Waals surface area contributed by atoms with Crippen molar-refractivity contribution in [2.24, 2.45) is 0 Å². The molecule has 1 aliphatic rings. The highest BCUT2D eigenvalue weighted by Crippen LogP contribution is 2.10. The average molecular weight is 394 g/mol. The van der Waals surface area contributed by atoms with Gasteiger partial charge < -0.3 is 10.2 Å². The number of halogens is 3. The average Bonchev–Trinajstić information content (AvgIpc) is 2.54. The van der Waals surface area contributed by atoms with E-state index in [0.29, 0.717) is 4.73 Å². The number of nitrogens with zero attached hydrogens (tertiary/aromatic N) is 3. The van der Waals surface area contributed by atoms with Crippen LogP contribution in [0.4, 0.5) is 5.95 Å². The van der Waals surface area contributed by atoms with Crippen molar-refractivity contribution in [1.29, 1.82) is 0 Å². The predicted molar refractivity (Wildman–Crippen MR) is 69.8 cm³/mol. The fraction of sp³-hybridized carbons (Fsp3) is 0.667. The zero-order valence-electron chi connectivity index (χ0n) is 7.36. The van der Waals surface area contributed by atoms with Crippen LogP contribution < -0.4 is 10.2 Å². The molecular weight excluding hydrogens is 382 g/mol. The highest BCUT2D eigenvalue weighted by atomic mass is 79.9. The first-order valence-corrected chi connectivity index (χ1v) is 4.69. The van der Waals surface area contributed by atoms with E-state index in [2.05, 4.69) is 41.3 Å². The third-order valence-electron chi connectivity index (χ3n) is 1.85. The van der Waals surface area contributed by atoms with E-state index in [0.717, 1.165) is 32.1 Å². The van der Waals surface area contributed by atoms with Gasteiger partial charge in [0.25, 0.3) is 0 Å². The Morgan fingerprint density at radius 2 is 1.86 bits per heavy atom. The number of piperazine rings is 1. The number of H-pyrrole nitrogens is 1. The van der Waals surface area contributed by atoms with E-state index in [1.54, 1.807) is 0 Å². The van der Waals surface area contributed by atoms with Crippen molar-refractivity contribution >= 4 is 55.8 Å². The van der Waals surface area contributed by atoms with Gasteiger partial charge in [-0.1, -0.05) is 0 Å². The molecule has 0 bridgehead atoms. The predicted octanol–water partition coefficient (Wildman–Crippen LogP) is 1.13. The van der Waals surface area contributed by atoms with Crippen molar-refractivity contribution in [3.63, 3.8) is 0 Å². The Balaban J connectivity index is 0.000000845. The molecule has 5 nitrogen and oxygen atoms in total. The highest BCUT2D eigenvalue weighted by molar-refractivity contribution is 9.10.